The number of hydrogen-bond donors (Lipinski definition) is 0. The van der Waals surface area contributed by atoms with Crippen LogP contribution in [-0.2, 0) is 5.41 Å². The monoisotopic (exact) mass is 700 g/mol. The van der Waals surface area contributed by atoms with Crippen molar-refractivity contribution in [2.45, 2.75) is 5.41 Å². The van der Waals surface area contributed by atoms with Gasteiger partial charge in [-0.2, -0.15) is 0 Å². The van der Waals surface area contributed by atoms with Gasteiger partial charge in [-0.3, -0.25) is 15.0 Å². The van der Waals surface area contributed by atoms with Crippen LogP contribution in [0.15, 0.2) is 195 Å². The molecule has 0 amide bonds. The Morgan fingerprint density at radius 1 is 0.364 bits per heavy atom. The highest BCUT2D eigenvalue weighted by Gasteiger charge is 2.46. The van der Waals surface area contributed by atoms with E-state index in [1.54, 1.807) is 0 Å². The van der Waals surface area contributed by atoms with Gasteiger partial charge in [0.05, 0.1) is 33.4 Å². The second-order valence-electron chi connectivity index (χ2n) is 14.2. The first-order valence-corrected chi connectivity index (χ1v) is 18.6. The molecule has 1 aliphatic rings. The summed E-state index contributed by atoms with van der Waals surface area (Å²) in [5.74, 6) is 0. The largest absolute Gasteiger partial charge is 0.256 e. The maximum atomic E-state index is 5.50. The third-order valence-corrected chi connectivity index (χ3v) is 11.3. The minimum atomic E-state index is -0.505. The van der Waals surface area contributed by atoms with E-state index < -0.39 is 5.41 Å². The molecule has 0 atom stereocenters. The van der Waals surface area contributed by atoms with Crippen LogP contribution in [0.5, 0.6) is 0 Å². The minimum Gasteiger partial charge on any atom is -0.256 e. The Kier molecular flexibility index (Phi) is 7.04. The number of fused-ring (bicyclic) bond motifs is 7. The number of aromatic nitrogens is 4. The Morgan fingerprint density at radius 3 is 1.78 bits per heavy atom. The van der Waals surface area contributed by atoms with E-state index in [1.807, 2.05) is 30.7 Å². The summed E-state index contributed by atoms with van der Waals surface area (Å²) in [6.07, 6.45) is 5.61. The van der Waals surface area contributed by atoms with Crippen molar-refractivity contribution >= 4 is 32.7 Å². The highest BCUT2D eigenvalue weighted by molar-refractivity contribution is 6.04. The first-order valence-electron chi connectivity index (χ1n) is 18.6. The van der Waals surface area contributed by atoms with Gasteiger partial charge in [0.1, 0.15) is 0 Å². The highest BCUT2D eigenvalue weighted by atomic mass is 14.8. The first kappa shape index (κ1) is 31.2. The summed E-state index contributed by atoms with van der Waals surface area (Å²) in [5.41, 5.74) is 15.5. The van der Waals surface area contributed by atoms with Gasteiger partial charge in [0.25, 0.3) is 0 Å². The van der Waals surface area contributed by atoms with Gasteiger partial charge >= 0.3 is 0 Å². The number of benzene rings is 6. The lowest BCUT2D eigenvalue weighted by Crippen LogP contribution is -2.28. The molecule has 0 saturated heterocycles. The zero-order valence-electron chi connectivity index (χ0n) is 29.8. The molecule has 4 nitrogen and oxygen atoms in total. The highest BCUT2D eigenvalue weighted by Crippen LogP contribution is 2.57. The molecule has 11 rings (SSSR count). The zero-order valence-corrected chi connectivity index (χ0v) is 29.8. The van der Waals surface area contributed by atoms with E-state index >= 15 is 0 Å². The number of rotatable bonds is 5. The molecule has 0 bridgehead atoms. The van der Waals surface area contributed by atoms with Crippen molar-refractivity contribution in [3.05, 3.63) is 217 Å². The van der Waals surface area contributed by atoms with Gasteiger partial charge in [-0.1, -0.05) is 146 Å². The summed E-state index contributed by atoms with van der Waals surface area (Å²) in [6, 6.07) is 63.0. The van der Waals surface area contributed by atoms with Crippen LogP contribution in [0, 0.1) is 0 Å². The SMILES string of the molecule is c1ccc(C2(c3ccccc3)c3ccccc3-c3ccc(-c4ccc(-c5cnc6c(ccc7cccnc76)c5)nc4-c4cccc5cccnc45)cc32)cc1. The lowest BCUT2D eigenvalue weighted by molar-refractivity contribution is 0.769. The van der Waals surface area contributed by atoms with Crippen LogP contribution in [0.4, 0.5) is 0 Å². The third kappa shape index (κ3) is 4.78. The molecule has 0 N–H and O–H groups in total. The molecular formula is C51H32N4. The fraction of sp³-hybridized carbons (Fsp3) is 0.0196. The molecule has 6 aromatic carbocycles. The Balaban J connectivity index is 1.16. The van der Waals surface area contributed by atoms with Crippen molar-refractivity contribution in [3.63, 3.8) is 0 Å². The number of hydrogen-bond acceptors (Lipinski definition) is 4. The van der Waals surface area contributed by atoms with E-state index in [0.717, 1.165) is 66.4 Å². The van der Waals surface area contributed by atoms with Crippen LogP contribution in [-0.4, -0.2) is 19.9 Å². The van der Waals surface area contributed by atoms with Gasteiger partial charge in [0.2, 0.25) is 0 Å². The Labute approximate surface area is 318 Å². The van der Waals surface area contributed by atoms with Crippen molar-refractivity contribution in [1.29, 1.82) is 0 Å². The summed E-state index contributed by atoms with van der Waals surface area (Å²) in [7, 11) is 0. The van der Waals surface area contributed by atoms with E-state index in [-0.39, 0.29) is 0 Å². The van der Waals surface area contributed by atoms with Crippen molar-refractivity contribution in [1.82, 2.24) is 19.9 Å². The summed E-state index contributed by atoms with van der Waals surface area (Å²) >= 11 is 0. The van der Waals surface area contributed by atoms with Crippen LogP contribution >= 0.6 is 0 Å². The van der Waals surface area contributed by atoms with Gasteiger partial charge in [-0.25, -0.2) is 4.98 Å². The Morgan fingerprint density at radius 2 is 0.982 bits per heavy atom. The molecule has 4 heteroatoms. The fourth-order valence-corrected chi connectivity index (χ4v) is 8.84. The first-order chi connectivity index (χ1) is 27.3. The van der Waals surface area contributed by atoms with Crippen molar-refractivity contribution in [2.24, 2.45) is 0 Å². The molecule has 0 aliphatic heterocycles. The predicted octanol–water partition coefficient (Wildman–Crippen LogP) is 12.1. The molecule has 10 aromatic rings. The van der Waals surface area contributed by atoms with Crippen LogP contribution in [0.3, 0.4) is 0 Å². The van der Waals surface area contributed by atoms with Gasteiger partial charge in [-0.05, 0) is 69.3 Å². The van der Waals surface area contributed by atoms with Gasteiger partial charge in [0.15, 0.2) is 0 Å². The van der Waals surface area contributed by atoms with Crippen LogP contribution < -0.4 is 0 Å². The molecule has 0 spiro atoms. The molecule has 1 aliphatic carbocycles. The average molecular weight is 701 g/mol. The summed E-state index contributed by atoms with van der Waals surface area (Å²) in [5, 5.41) is 3.17. The van der Waals surface area contributed by atoms with E-state index in [9.17, 15) is 0 Å². The molecule has 0 radical (unpaired) electrons. The van der Waals surface area contributed by atoms with Crippen LogP contribution in [0.25, 0.3) is 77.5 Å². The molecule has 0 unspecified atom stereocenters. The molecule has 0 fully saturated rings. The second-order valence-corrected chi connectivity index (χ2v) is 14.2. The zero-order chi connectivity index (χ0) is 36.3. The van der Waals surface area contributed by atoms with Crippen LogP contribution in [0.2, 0.25) is 0 Å². The quantitative estimate of drug-likeness (QED) is 0.168. The lowest BCUT2D eigenvalue weighted by atomic mass is 9.67. The second kappa shape index (κ2) is 12.4. The van der Waals surface area contributed by atoms with Gasteiger partial charge in [-0.15, -0.1) is 0 Å². The summed E-state index contributed by atoms with van der Waals surface area (Å²) in [4.78, 5) is 20.0. The Hall–Kier alpha value is -7.30. The molecular weight excluding hydrogens is 669 g/mol. The van der Waals surface area contributed by atoms with Crippen molar-refractivity contribution in [3.8, 4) is 44.8 Å². The standard InChI is InChI=1S/C51H32N4/c1-3-15-38(16-4-1)51(39-17-5-2-6-18-39)44-21-8-7-19-41(44)42-25-24-35(31-45(42)51)40-26-27-46(55-50(40)43-20-9-12-33-13-10-28-52-47(33)43)37-30-36-23-22-34-14-11-29-53-48(34)49(36)54-32-37/h1-32H. The molecule has 0 saturated carbocycles. The van der Waals surface area contributed by atoms with E-state index in [4.69, 9.17) is 15.0 Å². The third-order valence-electron chi connectivity index (χ3n) is 11.3. The Bertz CT molecular complexity index is 3060. The number of nitrogens with zero attached hydrogens (tertiary/aromatic N) is 4. The normalized spacial score (nSPS) is 12.9. The van der Waals surface area contributed by atoms with Crippen molar-refractivity contribution in [2.75, 3.05) is 0 Å². The topological polar surface area (TPSA) is 51.6 Å². The van der Waals surface area contributed by atoms with Gasteiger partial charge < -0.3 is 0 Å². The van der Waals surface area contributed by atoms with E-state index in [1.165, 1.54) is 33.4 Å². The fourth-order valence-electron chi connectivity index (χ4n) is 8.84. The smallest absolute Gasteiger partial charge is 0.0965 e. The van der Waals surface area contributed by atoms with Crippen LogP contribution in [0.1, 0.15) is 22.3 Å². The molecule has 4 aromatic heterocycles. The maximum Gasteiger partial charge on any atom is 0.0965 e. The summed E-state index contributed by atoms with van der Waals surface area (Å²) < 4.78 is 0. The van der Waals surface area contributed by atoms with E-state index in [2.05, 4.69) is 169 Å². The lowest BCUT2D eigenvalue weighted by Gasteiger charge is -2.34. The minimum absolute atomic E-state index is 0.505. The van der Waals surface area contributed by atoms with Gasteiger partial charge in [0, 0.05) is 51.4 Å². The molecule has 55 heavy (non-hydrogen) atoms. The van der Waals surface area contributed by atoms with E-state index in [0.29, 0.717) is 0 Å². The average Bonchev–Trinajstić information content (AvgIpc) is 3.56. The molecule has 4 heterocycles. The molecule has 256 valence electrons. The predicted molar refractivity (Wildman–Crippen MR) is 224 cm³/mol. The number of para-hydroxylation sites is 1. The maximum absolute atomic E-state index is 5.50. The van der Waals surface area contributed by atoms with Crippen molar-refractivity contribution < 1.29 is 0 Å². The summed E-state index contributed by atoms with van der Waals surface area (Å²) in [6.45, 7) is 0. The number of pyridine rings is 4.